The largest absolute Gasteiger partial charge is 0.381 e. The zero-order valence-electron chi connectivity index (χ0n) is 29.7. The van der Waals surface area contributed by atoms with Crippen molar-refractivity contribution in [2.45, 2.75) is 155 Å². The van der Waals surface area contributed by atoms with Gasteiger partial charge in [0.1, 0.15) is 0 Å². The first-order valence-corrected chi connectivity index (χ1v) is 23.2. The number of thiophene rings is 2. The minimum Gasteiger partial charge on any atom is -0.0956 e. The molecule has 0 saturated carbocycles. The fourth-order valence-electron chi connectivity index (χ4n) is 6.74. The van der Waals surface area contributed by atoms with Gasteiger partial charge in [0.05, 0.1) is 0 Å². The molecule has 0 nitrogen and oxygen atoms in total. The highest BCUT2D eigenvalue weighted by molar-refractivity contribution is 7.08. The molecule has 47 heavy (non-hydrogen) atoms. The fourth-order valence-corrected chi connectivity index (χ4v) is 12.6. The topological polar surface area (TPSA) is 0 Å². The Kier molecular flexibility index (Phi) is 19.5. The summed E-state index contributed by atoms with van der Waals surface area (Å²) in [5, 5.41) is 4.84. The van der Waals surface area contributed by atoms with Gasteiger partial charge in [0.15, 0.2) is 0 Å². The Morgan fingerprint density at radius 2 is 0.766 bits per heavy atom. The van der Waals surface area contributed by atoms with E-state index in [-0.39, 0.29) is 21.2 Å². The van der Waals surface area contributed by atoms with Crippen molar-refractivity contribution in [2.75, 3.05) is 0 Å². The van der Waals surface area contributed by atoms with Crippen LogP contribution in [0.4, 0.5) is 0 Å². The highest BCUT2D eigenvalue weighted by Gasteiger charge is 2.22. The Morgan fingerprint density at radius 3 is 1.15 bits per heavy atom. The first-order chi connectivity index (χ1) is 23.3. The molecule has 0 atom stereocenters. The number of aryl methyl sites for hydroxylation is 2. The van der Waals surface area contributed by atoms with E-state index in [9.17, 15) is 0 Å². The summed E-state index contributed by atoms with van der Waals surface area (Å²) in [4.78, 5) is 0. The van der Waals surface area contributed by atoms with Crippen molar-refractivity contribution < 1.29 is 21.2 Å². The van der Waals surface area contributed by atoms with Gasteiger partial charge in [-0.3, -0.25) is 0 Å². The SMILES string of the molecule is CCCCCCCCCCCCc1ccccc1-c1csc([I+]c2cc(-c3ccccc3CCCCCCCCCCCC)cs2)c1. The van der Waals surface area contributed by atoms with Crippen molar-refractivity contribution in [2.24, 2.45) is 0 Å². The maximum Gasteiger partial charge on any atom is 0.381 e. The summed E-state index contributed by atoms with van der Waals surface area (Å²) in [5.41, 5.74) is 8.86. The predicted molar refractivity (Wildman–Crippen MR) is 208 cm³/mol. The summed E-state index contributed by atoms with van der Waals surface area (Å²) >= 11 is 3.81. The lowest BCUT2D eigenvalue weighted by Crippen LogP contribution is -3.61. The fraction of sp³-hybridized carbons (Fsp3) is 0.545. The normalized spacial score (nSPS) is 11.4. The van der Waals surface area contributed by atoms with Gasteiger partial charge in [-0.2, -0.15) is 0 Å². The number of unbranched alkanes of at least 4 members (excludes halogenated alkanes) is 18. The zero-order chi connectivity index (χ0) is 32.8. The van der Waals surface area contributed by atoms with Crippen LogP contribution in [0, 0.1) is 5.77 Å². The highest BCUT2D eigenvalue weighted by atomic mass is 127. The molecule has 3 heteroatoms. The van der Waals surface area contributed by atoms with Gasteiger partial charge >= 0.3 is 21.2 Å². The molecule has 2 aromatic heterocycles. The minimum absolute atomic E-state index is 0.149. The second-order valence-corrected chi connectivity index (χ2v) is 19.7. The molecular weight excluding hydrogens is 720 g/mol. The second kappa shape index (κ2) is 23.8. The predicted octanol–water partition coefficient (Wildman–Crippen LogP) is 12.2. The average molecular weight is 782 g/mol. The first-order valence-electron chi connectivity index (χ1n) is 19.3. The summed E-state index contributed by atoms with van der Waals surface area (Å²) < 4.78 is 3.17. The molecule has 0 saturated heterocycles. The van der Waals surface area contributed by atoms with Crippen LogP contribution < -0.4 is 21.2 Å². The van der Waals surface area contributed by atoms with E-state index in [1.54, 1.807) is 5.77 Å². The van der Waals surface area contributed by atoms with E-state index in [4.69, 9.17) is 0 Å². The maximum atomic E-state index is 2.51. The molecule has 4 aromatic rings. The molecule has 0 radical (unpaired) electrons. The van der Waals surface area contributed by atoms with E-state index < -0.39 is 0 Å². The van der Waals surface area contributed by atoms with Crippen LogP contribution in [0.5, 0.6) is 0 Å². The standard InChI is InChI=1S/C44H62IS2/c1-3-5-7-9-11-13-15-17-19-21-27-37-29-23-25-31-41(37)39-33-43(46-35-39)45-44-34-40(36-47-44)42-32-26-24-30-38(42)28-22-20-18-16-14-12-10-8-6-4-2/h23-26,29-36H,3-22,27-28H2,1-2H3/q+1. The van der Waals surface area contributed by atoms with Gasteiger partial charge in [-0.1, -0.05) is 201 Å². The second-order valence-electron chi connectivity index (χ2n) is 13.6. The molecule has 0 fully saturated rings. The van der Waals surface area contributed by atoms with Gasteiger partial charge in [-0.25, -0.2) is 0 Å². The number of hydrogen-bond donors (Lipinski definition) is 0. The van der Waals surface area contributed by atoms with Crippen LogP contribution >= 0.6 is 22.7 Å². The monoisotopic (exact) mass is 781 g/mol. The molecule has 0 aliphatic heterocycles. The van der Waals surface area contributed by atoms with Crippen LogP contribution in [0.1, 0.15) is 153 Å². The Hall–Kier alpha value is -1.43. The van der Waals surface area contributed by atoms with Crippen molar-refractivity contribution in [3.63, 3.8) is 0 Å². The van der Waals surface area contributed by atoms with Crippen LogP contribution in [-0.2, 0) is 12.8 Å². The third kappa shape index (κ3) is 14.5. The van der Waals surface area contributed by atoms with Gasteiger partial charge in [0.25, 0.3) is 0 Å². The molecule has 0 bridgehead atoms. The van der Waals surface area contributed by atoms with Crippen LogP contribution in [0.15, 0.2) is 71.4 Å². The van der Waals surface area contributed by atoms with Crippen molar-refractivity contribution in [1.29, 1.82) is 0 Å². The van der Waals surface area contributed by atoms with Gasteiger partial charge in [0, 0.05) is 22.9 Å². The molecule has 0 aliphatic carbocycles. The van der Waals surface area contributed by atoms with E-state index in [1.165, 1.54) is 175 Å². The summed E-state index contributed by atoms with van der Waals surface area (Å²) in [5.74, 6) is 0. The summed E-state index contributed by atoms with van der Waals surface area (Å²) in [6.45, 7) is 4.60. The molecule has 0 N–H and O–H groups in total. The molecule has 0 unspecified atom stereocenters. The molecule has 4 rings (SSSR count). The van der Waals surface area contributed by atoms with Crippen molar-refractivity contribution >= 4 is 22.7 Å². The maximum absolute atomic E-state index is 2.51. The van der Waals surface area contributed by atoms with Crippen LogP contribution in [0.25, 0.3) is 22.3 Å². The van der Waals surface area contributed by atoms with Crippen molar-refractivity contribution in [1.82, 2.24) is 0 Å². The lowest BCUT2D eigenvalue weighted by molar-refractivity contribution is -0.584. The third-order valence-electron chi connectivity index (χ3n) is 9.58. The van der Waals surface area contributed by atoms with E-state index in [2.05, 4.69) is 85.3 Å². The average Bonchev–Trinajstić information content (AvgIpc) is 3.77. The van der Waals surface area contributed by atoms with Gasteiger partial charge in [-0.05, 0) is 59.1 Å². The lowest BCUT2D eigenvalue weighted by atomic mass is 9.97. The zero-order valence-corrected chi connectivity index (χ0v) is 33.5. The summed E-state index contributed by atoms with van der Waals surface area (Å²) in [6, 6.07) is 23.4. The Morgan fingerprint density at radius 1 is 0.426 bits per heavy atom. The van der Waals surface area contributed by atoms with Crippen LogP contribution in [0.2, 0.25) is 0 Å². The smallest absolute Gasteiger partial charge is 0.0956 e. The van der Waals surface area contributed by atoms with E-state index in [1.807, 2.05) is 22.7 Å². The Balaban J connectivity index is 1.22. The summed E-state index contributed by atoms with van der Waals surface area (Å²) in [7, 11) is 0. The number of rotatable bonds is 26. The van der Waals surface area contributed by atoms with Gasteiger partial charge in [0.2, 0.25) is 5.77 Å². The molecular formula is C44H62IS2+. The lowest BCUT2D eigenvalue weighted by Gasteiger charge is -2.08. The van der Waals surface area contributed by atoms with E-state index in [0.717, 1.165) is 0 Å². The molecule has 0 aliphatic rings. The quantitative estimate of drug-likeness (QED) is 0.0440. The van der Waals surface area contributed by atoms with Crippen molar-refractivity contribution in [3.05, 3.63) is 88.3 Å². The Bertz CT molecular complexity index is 1260. The van der Waals surface area contributed by atoms with Gasteiger partial charge in [-0.15, -0.1) is 0 Å². The Labute approximate surface area is 307 Å². The number of benzene rings is 2. The van der Waals surface area contributed by atoms with E-state index >= 15 is 0 Å². The summed E-state index contributed by atoms with van der Waals surface area (Å²) in [6.07, 6.45) is 30.4. The first kappa shape index (κ1) is 38.4. The number of halogens is 1. The molecule has 0 amide bonds. The molecule has 0 spiro atoms. The van der Waals surface area contributed by atoms with Crippen LogP contribution in [-0.4, -0.2) is 0 Å². The number of hydrogen-bond acceptors (Lipinski definition) is 2. The minimum atomic E-state index is -0.149. The molecule has 2 heterocycles. The molecule has 256 valence electrons. The third-order valence-corrected chi connectivity index (χ3v) is 15.3. The van der Waals surface area contributed by atoms with Crippen LogP contribution in [0.3, 0.4) is 0 Å². The van der Waals surface area contributed by atoms with Crippen molar-refractivity contribution in [3.8, 4) is 22.3 Å². The van der Waals surface area contributed by atoms with E-state index in [0.29, 0.717) is 0 Å². The molecule has 2 aromatic carbocycles. The highest BCUT2D eigenvalue weighted by Crippen LogP contribution is 2.29. The van der Waals surface area contributed by atoms with Gasteiger partial charge < -0.3 is 0 Å².